The Morgan fingerprint density at radius 1 is 1.14 bits per heavy atom. The van der Waals surface area contributed by atoms with Crippen molar-refractivity contribution in [2.45, 2.75) is 33.2 Å². The van der Waals surface area contributed by atoms with E-state index in [4.69, 9.17) is 5.11 Å². The van der Waals surface area contributed by atoms with Crippen molar-refractivity contribution in [3.05, 3.63) is 23.5 Å². The molecule has 0 spiro atoms. The summed E-state index contributed by atoms with van der Waals surface area (Å²) < 4.78 is 0. The minimum Gasteiger partial charge on any atom is -0.480 e. The van der Waals surface area contributed by atoms with E-state index in [1.807, 2.05) is 13.8 Å². The van der Waals surface area contributed by atoms with E-state index in [9.17, 15) is 19.2 Å². The van der Waals surface area contributed by atoms with Crippen LogP contribution in [0.2, 0.25) is 0 Å². The number of hydrogen-bond acceptors (Lipinski definition) is 5. The summed E-state index contributed by atoms with van der Waals surface area (Å²) in [7, 11) is 0. The summed E-state index contributed by atoms with van der Waals surface area (Å²) in [6, 6.07) is -0.955. The molecule has 0 aromatic heterocycles. The molecule has 0 saturated carbocycles. The first kappa shape index (κ1) is 16.6. The topological polar surface area (TPSA) is 113 Å². The third-order valence-corrected chi connectivity index (χ3v) is 2.73. The van der Waals surface area contributed by atoms with E-state index in [0.29, 0.717) is 6.42 Å². The molecule has 1 atom stereocenters. The van der Waals surface area contributed by atoms with E-state index in [1.54, 1.807) is 0 Å². The lowest BCUT2D eigenvalue weighted by atomic mass is 10.0. The summed E-state index contributed by atoms with van der Waals surface area (Å²) in [5.74, 6) is -2.55. The lowest BCUT2D eigenvalue weighted by Gasteiger charge is -2.20. The van der Waals surface area contributed by atoms with Crippen LogP contribution in [-0.2, 0) is 19.2 Å². The summed E-state index contributed by atoms with van der Waals surface area (Å²) in [6.45, 7) is 4.93. The van der Waals surface area contributed by atoms with Crippen LogP contribution < -0.4 is 10.6 Å². The molecule has 1 aliphatic rings. The Kier molecular flexibility index (Phi) is 5.40. The monoisotopic (exact) mass is 294 g/mol. The molecule has 0 aromatic rings. The largest absolute Gasteiger partial charge is 0.480 e. The first-order valence-corrected chi connectivity index (χ1v) is 6.49. The Morgan fingerprint density at radius 2 is 1.67 bits per heavy atom. The fourth-order valence-corrected chi connectivity index (χ4v) is 1.84. The highest BCUT2D eigenvalue weighted by atomic mass is 16.4. The van der Waals surface area contributed by atoms with E-state index in [1.165, 1.54) is 6.92 Å². The van der Waals surface area contributed by atoms with Gasteiger partial charge in [0, 0.05) is 19.1 Å². The molecule has 0 aliphatic heterocycles. The van der Waals surface area contributed by atoms with Gasteiger partial charge in [-0.1, -0.05) is 13.8 Å². The van der Waals surface area contributed by atoms with Gasteiger partial charge >= 0.3 is 5.97 Å². The van der Waals surface area contributed by atoms with Crippen molar-refractivity contribution >= 4 is 23.4 Å². The Balaban J connectivity index is 2.86. The van der Waals surface area contributed by atoms with E-state index < -0.39 is 29.5 Å². The molecule has 114 valence electrons. The zero-order chi connectivity index (χ0) is 16.2. The second kappa shape index (κ2) is 6.83. The molecule has 1 rings (SSSR count). The minimum atomic E-state index is -1.10. The Hall–Kier alpha value is -2.44. The van der Waals surface area contributed by atoms with E-state index in [2.05, 4.69) is 10.6 Å². The zero-order valence-corrected chi connectivity index (χ0v) is 12.1. The lowest BCUT2D eigenvalue weighted by Crippen LogP contribution is -2.41. The van der Waals surface area contributed by atoms with Crippen molar-refractivity contribution in [1.82, 2.24) is 10.6 Å². The number of nitrogens with one attached hydrogen (secondary N) is 2. The van der Waals surface area contributed by atoms with Crippen LogP contribution in [0.15, 0.2) is 23.5 Å². The third-order valence-electron chi connectivity index (χ3n) is 2.73. The summed E-state index contributed by atoms with van der Waals surface area (Å²) >= 11 is 0. The molecule has 1 aliphatic carbocycles. The number of allylic oxidation sites excluding steroid dienone is 2. The van der Waals surface area contributed by atoms with Crippen LogP contribution in [0.25, 0.3) is 0 Å². The first-order valence-electron chi connectivity index (χ1n) is 6.49. The number of carboxylic acid groups (broad SMARTS) is 1. The molecule has 0 fully saturated rings. The summed E-state index contributed by atoms with van der Waals surface area (Å²) in [5, 5.41) is 13.9. The zero-order valence-electron chi connectivity index (χ0n) is 12.1. The maximum atomic E-state index is 11.9. The van der Waals surface area contributed by atoms with Gasteiger partial charge in [-0.15, -0.1) is 0 Å². The predicted molar refractivity (Wildman–Crippen MR) is 74.0 cm³/mol. The number of amides is 1. The van der Waals surface area contributed by atoms with Crippen molar-refractivity contribution in [2.24, 2.45) is 5.92 Å². The molecule has 0 radical (unpaired) electrons. The first-order chi connectivity index (χ1) is 9.70. The fourth-order valence-electron chi connectivity index (χ4n) is 1.84. The standard InChI is InChI=1S/C14H18N2O5/c1-7(2)4-11(14(20)21)16-10-6-12(18)9(5-13(10)19)15-8(3)17/h5-7,11,16H,4H2,1-3H3,(H,15,17)(H,20,21). The summed E-state index contributed by atoms with van der Waals surface area (Å²) in [5.41, 5.74) is -0.198. The smallest absolute Gasteiger partial charge is 0.326 e. The highest BCUT2D eigenvalue weighted by molar-refractivity contribution is 6.20. The average Bonchev–Trinajstić information content (AvgIpc) is 2.33. The van der Waals surface area contributed by atoms with Crippen molar-refractivity contribution in [1.29, 1.82) is 0 Å². The number of aliphatic carboxylic acids is 1. The summed E-state index contributed by atoms with van der Waals surface area (Å²) in [4.78, 5) is 45.7. The maximum Gasteiger partial charge on any atom is 0.326 e. The van der Waals surface area contributed by atoms with Gasteiger partial charge in [-0.2, -0.15) is 0 Å². The molecule has 0 heterocycles. The molecule has 0 saturated heterocycles. The normalized spacial score (nSPS) is 16.2. The molecule has 7 heteroatoms. The minimum absolute atomic E-state index is 0.0813. The van der Waals surface area contributed by atoms with Gasteiger partial charge in [0.05, 0.1) is 11.4 Å². The number of carbonyl (C=O) groups is 4. The predicted octanol–water partition coefficient (Wildman–Crippen LogP) is 0.131. The van der Waals surface area contributed by atoms with E-state index in [0.717, 1.165) is 12.2 Å². The highest BCUT2D eigenvalue weighted by Gasteiger charge is 2.26. The van der Waals surface area contributed by atoms with Crippen molar-refractivity contribution in [3.63, 3.8) is 0 Å². The Labute approximate surface area is 122 Å². The van der Waals surface area contributed by atoms with Gasteiger partial charge in [-0.05, 0) is 12.3 Å². The molecular formula is C14H18N2O5. The van der Waals surface area contributed by atoms with Crippen LogP contribution in [0, 0.1) is 5.92 Å². The molecule has 0 aromatic carbocycles. The quantitative estimate of drug-likeness (QED) is 0.600. The van der Waals surface area contributed by atoms with Gasteiger partial charge in [0.2, 0.25) is 17.5 Å². The van der Waals surface area contributed by atoms with Crippen LogP contribution in [0.5, 0.6) is 0 Å². The number of carboxylic acids is 1. The van der Waals surface area contributed by atoms with Gasteiger partial charge < -0.3 is 15.7 Å². The second-order valence-electron chi connectivity index (χ2n) is 5.19. The van der Waals surface area contributed by atoms with Crippen molar-refractivity contribution < 1.29 is 24.3 Å². The van der Waals surface area contributed by atoms with Gasteiger partial charge in [-0.3, -0.25) is 14.4 Å². The molecule has 3 N–H and O–H groups in total. The number of ketones is 2. The van der Waals surface area contributed by atoms with Crippen LogP contribution in [0.4, 0.5) is 0 Å². The summed E-state index contributed by atoms with van der Waals surface area (Å²) in [6.07, 6.45) is 2.31. The number of hydrogen-bond donors (Lipinski definition) is 3. The highest BCUT2D eigenvalue weighted by Crippen LogP contribution is 2.12. The molecule has 1 unspecified atom stereocenters. The van der Waals surface area contributed by atoms with Gasteiger partial charge in [0.1, 0.15) is 6.04 Å². The average molecular weight is 294 g/mol. The van der Waals surface area contributed by atoms with Gasteiger partial charge in [0.15, 0.2) is 0 Å². The molecule has 21 heavy (non-hydrogen) atoms. The molecule has 1 amide bonds. The Bertz CT molecular complexity index is 546. The molecule has 0 bridgehead atoms. The van der Waals surface area contributed by atoms with Crippen molar-refractivity contribution in [2.75, 3.05) is 0 Å². The van der Waals surface area contributed by atoms with E-state index in [-0.39, 0.29) is 17.3 Å². The number of rotatable bonds is 6. The SMILES string of the molecule is CC(=O)NC1=CC(=O)C(NC(CC(C)C)C(=O)O)=CC1=O. The van der Waals surface area contributed by atoms with Gasteiger partial charge in [0.25, 0.3) is 0 Å². The van der Waals surface area contributed by atoms with E-state index >= 15 is 0 Å². The molecule has 7 nitrogen and oxygen atoms in total. The third kappa shape index (κ3) is 4.87. The number of carbonyl (C=O) groups excluding carboxylic acids is 3. The van der Waals surface area contributed by atoms with Crippen molar-refractivity contribution in [3.8, 4) is 0 Å². The van der Waals surface area contributed by atoms with Crippen LogP contribution in [-0.4, -0.2) is 34.6 Å². The second-order valence-corrected chi connectivity index (χ2v) is 5.19. The Morgan fingerprint density at radius 3 is 2.14 bits per heavy atom. The molecular weight excluding hydrogens is 276 g/mol. The maximum absolute atomic E-state index is 11.9. The lowest BCUT2D eigenvalue weighted by molar-refractivity contribution is -0.139. The van der Waals surface area contributed by atoms with Crippen LogP contribution in [0.3, 0.4) is 0 Å². The van der Waals surface area contributed by atoms with Crippen LogP contribution >= 0.6 is 0 Å². The van der Waals surface area contributed by atoms with Crippen LogP contribution in [0.1, 0.15) is 27.2 Å². The van der Waals surface area contributed by atoms with Gasteiger partial charge in [-0.25, -0.2) is 4.79 Å². The fraction of sp³-hybridized carbons (Fsp3) is 0.429.